The van der Waals surface area contributed by atoms with Crippen LogP contribution in [0.2, 0.25) is 0 Å². The van der Waals surface area contributed by atoms with E-state index >= 15 is 0 Å². The van der Waals surface area contributed by atoms with Crippen LogP contribution in [0.4, 0.5) is 10.1 Å². The van der Waals surface area contributed by atoms with Crippen LogP contribution in [0.3, 0.4) is 0 Å². The third kappa shape index (κ3) is 2.70. The first-order valence-electron chi connectivity index (χ1n) is 6.55. The van der Waals surface area contributed by atoms with Crippen molar-refractivity contribution in [2.45, 2.75) is 18.9 Å². The molecule has 1 heterocycles. The molecule has 0 spiro atoms. The SMILES string of the molecule is Fc1ccccc1OCC1CCc2ccccc2N1. The van der Waals surface area contributed by atoms with Crippen LogP contribution in [0.25, 0.3) is 0 Å². The standard InChI is InChI=1S/C16H16FNO/c17-14-6-2-4-8-16(14)19-11-13-10-9-12-5-1-3-7-15(12)18-13/h1-8,13,18H,9-11H2. The number of para-hydroxylation sites is 2. The second kappa shape index (κ2) is 5.31. The minimum Gasteiger partial charge on any atom is -0.488 e. The van der Waals surface area contributed by atoms with Gasteiger partial charge in [0.2, 0.25) is 0 Å². The van der Waals surface area contributed by atoms with E-state index < -0.39 is 0 Å². The molecule has 1 N–H and O–H groups in total. The van der Waals surface area contributed by atoms with Crippen molar-refractivity contribution in [1.82, 2.24) is 0 Å². The Morgan fingerprint density at radius 1 is 1.11 bits per heavy atom. The van der Waals surface area contributed by atoms with Crippen LogP contribution in [0, 0.1) is 5.82 Å². The number of ether oxygens (including phenoxy) is 1. The van der Waals surface area contributed by atoms with Crippen LogP contribution < -0.4 is 10.1 Å². The smallest absolute Gasteiger partial charge is 0.165 e. The Labute approximate surface area is 112 Å². The first kappa shape index (κ1) is 12.0. The van der Waals surface area contributed by atoms with Gasteiger partial charge in [-0.2, -0.15) is 0 Å². The highest BCUT2D eigenvalue weighted by molar-refractivity contribution is 5.53. The van der Waals surface area contributed by atoms with E-state index in [1.165, 1.54) is 11.6 Å². The van der Waals surface area contributed by atoms with Crippen LogP contribution in [0.1, 0.15) is 12.0 Å². The molecule has 0 fully saturated rings. The number of hydrogen-bond donors (Lipinski definition) is 1. The van der Waals surface area contributed by atoms with Crippen LogP contribution >= 0.6 is 0 Å². The molecule has 0 saturated carbocycles. The lowest BCUT2D eigenvalue weighted by Gasteiger charge is -2.27. The molecule has 0 saturated heterocycles. The summed E-state index contributed by atoms with van der Waals surface area (Å²) in [6.07, 6.45) is 2.04. The van der Waals surface area contributed by atoms with Gasteiger partial charge < -0.3 is 10.1 Å². The molecule has 0 aromatic heterocycles. The highest BCUT2D eigenvalue weighted by atomic mass is 19.1. The number of nitrogens with one attached hydrogen (secondary N) is 1. The maximum Gasteiger partial charge on any atom is 0.165 e. The molecule has 1 aliphatic heterocycles. The summed E-state index contributed by atoms with van der Waals surface area (Å²) in [7, 11) is 0. The van der Waals surface area contributed by atoms with Crippen molar-refractivity contribution >= 4 is 5.69 Å². The molecule has 0 radical (unpaired) electrons. The van der Waals surface area contributed by atoms with Gasteiger partial charge in [-0.1, -0.05) is 30.3 Å². The number of fused-ring (bicyclic) bond motifs is 1. The fourth-order valence-corrected chi connectivity index (χ4v) is 2.38. The van der Waals surface area contributed by atoms with Gasteiger partial charge in [0.15, 0.2) is 11.6 Å². The van der Waals surface area contributed by atoms with Crippen molar-refractivity contribution in [2.24, 2.45) is 0 Å². The van der Waals surface area contributed by atoms with Gasteiger partial charge in [-0.05, 0) is 36.6 Å². The Kier molecular flexibility index (Phi) is 3.36. The summed E-state index contributed by atoms with van der Waals surface area (Å²) in [4.78, 5) is 0. The molecule has 3 rings (SSSR count). The average Bonchev–Trinajstić information content (AvgIpc) is 2.46. The summed E-state index contributed by atoms with van der Waals surface area (Å²) < 4.78 is 19.0. The van der Waals surface area contributed by atoms with E-state index in [1.807, 2.05) is 6.07 Å². The van der Waals surface area contributed by atoms with Crippen LogP contribution in [-0.2, 0) is 6.42 Å². The van der Waals surface area contributed by atoms with Gasteiger partial charge in [-0.25, -0.2) is 4.39 Å². The summed E-state index contributed by atoms with van der Waals surface area (Å²) in [6.45, 7) is 0.481. The molecule has 3 heteroatoms. The van der Waals surface area contributed by atoms with E-state index in [4.69, 9.17) is 4.74 Å². The van der Waals surface area contributed by atoms with Gasteiger partial charge in [0.25, 0.3) is 0 Å². The number of rotatable bonds is 3. The summed E-state index contributed by atoms with van der Waals surface area (Å²) in [5.41, 5.74) is 2.50. The topological polar surface area (TPSA) is 21.3 Å². The summed E-state index contributed by atoms with van der Waals surface area (Å²) in [5.74, 6) is 0.0156. The van der Waals surface area contributed by atoms with E-state index in [0.717, 1.165) is 18.5 Å². The van der Waals surface area contributed by atoms with Gasteiger partial charge in [0, 0.05) is 5.69 Å². The molecule has 98 valence electrons. The van der Waals surface area contributed by atoms with Crippen LogP contribution in [0.5, 0.6) is 5.75 Å². The number of halogens is 1. The molecule has 2 nitrogen and oxygen atoms in total. The Bertz CT molecular complexity index is 570. The highest BCUT2D eigenvalue weighted by Crippen LogP contribution is 2.25. The predicted molar refractivity (Wildman–Crippen MR) is 74.1 cm³/mol. The highest BCUT2D eigenvalue weighted by Gasteiger charge is 2.18. The molecule has 1 unspecified atom stereocenters. The van der Waals surface area contributed by atoms with Crippen molar-refractivity contribution in [1.29, 1.82) is 0 Å². The van der Waals surface area contributed by atoms with Gasteiger partial charge in [0.1, 0.15) is 6.61 Å². The van der Waals surface area contributed by atoms with Crippen LogP contribution in [-0.4, -0.2) is 12.6 Å². The third-order valence-electron chi connectivity index (χ3n) is 3.42. The number of aryl methyl sites for hydroxylation is 1. The maximum absolute atomic E-state index is 13.4. The van der Waals surface area contributed by atoms with Crippen molar-refractivity contribution in [3.63, 3.8) is 0 Å². The van der Waals surface area contributed by atoms with Crippen molar-refractivity contribution in [3.8, 4) is 5.75 Å². The van der Waals surface area contributed by atoms with Crippen molar-refractivity contribution < 1.29 is 9.13 Å². The Morgan fingerprint density at radius 2 is 1.89 bits per heavy atom. The number of anilines is 1. The quantitative estimate of drug-likeness (QED) is 0.906. The summed E-state index contributed by atoms with van der Waals surface area (Å²) in [5, 5.41) is 3.44. The fraction of sp³-hybridized carbons (Fsp3) is 0.250. The largest absolute Gasteiger partial charge is 0.488 e. The normalized spacial score (nSPS) is 17.4. The van der Waals surface area contributed by atoms with E-state index in [1.54, 1.807) is 18.2 Å². The number of benzene rings is 2. The van der Waals surface area contributed by atoms with Gasteiger partial charge in [-0.3, -0.25) is 0 Å². The van der Waals surface area contributed by atoms with Gasteiger partial charge in [-0.15, -0.1) is 0 Å². The zero-order valence-electron chi connectivity index (χ0n) is 10.6. The second-order valence-electron chi connectivity index (χ2n) is 4.78. The van der Waals surface area contributed by atoms with Gasteiger partial charge in [0.05, 0.1) is 6.04 Å². The zero-order valence-corrected chi connectivity index (χ0v) is 10.6. The van der Waals surface area contributed by atoms with Gasteiger partial charge >= 0.3 is 0 Å². The molecule has 1 aliphatic rings. The van der Waals surface area contributed by atoms with Crippen molar-refractivity contribution in [3.05, 3.63) is 59.9 Å². The molecule has 0 amide bonds. The zero-order chi connectivity index (χ0) is 13.1. The maximum atomic E-state index is 13.4. The molecule has 1 atom stereocenters. The summed E-state index contributed by atoms with van der Waals surface area (Å²) in [6, 6.07) is 15.0. The van der Waals surface area contributed by atoms with Crippen molar-refractivity contribution in [2.75, 3.05) is 11.9 Å². The molecular weight excluding hydrogens is 241 g/mol. The lowest BCUT2D eigenvalue weighted by molar-refractivity contribution is 0.276. The van der Waals surface area contributed by atoms with Crippen LogP contribution in [0.15, 0.2) is 48.5 Å². The molecule has 0 bridgehead atoms. The number of hydrogen-bond acceptors (Lipinski definition) is 2. The second-order valence-corrected chi connectivity index (χ2v) is 4.78. The summed E-state index contributed by atoms with van der Waals surface area (Å²) >= 11 is 0. The lowest BCUT2D eigenvalue weighted by atomic mass is 9.99. The Hall–Kier alpha value is -2.03. The lowest BCUT2D eigenvalue weighted by Crippen LogP contribution is -2.31. The van der Waals surface area contributed by atoms with E-state index in [0.29, 0.717) is 12.4 Å². The Morgan fingerprint density at radius 3 is 2.79 bits per heavy atom. The predicted octanol–water partition coefficient (Wildman–Crippen LogP) is 3.63. The molecule has 2 aromatic carbocycles. The third-order valence-corrected chi connectivity index (χ3v) is 3.42. The molecule has 19 heavy (non-hydrogen) atoms. The fourth-order valence-electron chi connectivity index (χ4n) is 2.38. The Balaban J connectivity index is 1.62. The molecule has 2 aromatic rings. The van der Waals surface area contributed by atoms with E-state index in [9.17, 15) is 4.39 Å². The van der Waals surface area contributed by atoms with E-state index in [2.05, 4.69) is 23.5 Å². The minimum absolute atomic E-state index is 0.231. The average molecular weight is 257 g/mol. The molecular formula is C16H16FNO. The van der Waals surface area contributed by atoms with E-state index in [-0.39, 0.29) is 11.9 Å². The first-order chi connectivity index (χ1) is 9.33. The molecule has 0 aliphatic carbocycles. The minimum atomic E-state index is -0.307. The monoisotopic (exact) mass is 257 g/mol. The first-order valence-corrected chi connectivity index (χ1v) is 6.55.